The van der Waals surface area contributed by atoms with Crippen molar-refractivity contribution >= 4 is 34.8 Å². The Morgan fingerprint density at radius 1 is 1.05 bits per heavy atom. The number of anilines is 3. The number of nitrogens with zero attached hydrogens (tertiary/aromatic N) is 5. The highest BCUT2D eigenvalue weighted by atomic mass is 16.2. The molecule has 4 aromatic rings. The van der Waals surface area contributed by atoms with Crippen LogP contribution in [0.2, 0.25) is 0 Å². The third-order valence-corrected chi connectivity index (χ3v) is 5.73. The molecule has 5 N–H and O–H groups in total. The fraction of sp³-hybridized carbons (Fsp3) is 0.269. The van der Waals surface area contributed by atoms with Crippen LogP contribution in [0.25, 0.3) is 16.6 Å². The minimum atomic E-state index is -0.410. The Morgan fingerprint density at radius 2 is 1.84 bits per heavy atom. The van der Waals surface area contributed by atoms with Crippen LogP contribution in [-0.2, 0) is 0 Å². The van der Waals surface area contributed by atoms with Gasteiger partial charge in [-0.05, 0) is 70.2 Å². The monoisotopic (exact) mass is 501 g/mol. The van der Waals surface area contributed by atoms with Crippen molar-refractivity contribution < 1.29 is 9.59 Å². The molecule has 192 valence electrons. The maximum Gasteiger partial charge on any atom is 0.324 e. The van der Waals surface area contributed by atoms with E-state index in [0.29, 0.717) is 34.7 Å². The van der Waals surface area contributed by atoms with Gasteiger partial charge in [-0.3, -0.25) is 10.1 Å². The number of benzene rings is 1. The SMILES string of the molecule is Cc1cccc(NC(=O)Nc2ccc(-c3c(C(=O)NCCCCN(C)C)cn4ncnc(N)c34)cc2)n1. The van der Waals surface area contributed by atoms with E-state index in [4.69, 9.17) is 5.73 Å². The molecule has 0 spiro atoms. The van der Waals surface area contributed by atoms with Crippen LogP contribution in [0, 0.1) is 6.92 Å². The first kappa shape index (κ1) is 25.6. The Morgan fingerprint density at radius 3 is 2.57 bits per heavy atom. The van der Waals surface area contributed by atoms with Crippen molar-refractivity contribution in [3.05, 3.63) is 66.2 Å². The molecule has 0 aliphatic carbocycles. The van der Waals surface area contributed by atoms with E-state index in [1.54, 1.807) is 28.9 Å². The molecule has 0 radical (unpaired) electrons. The second kappa shape index (κ2) is 11.5. The highest BCUT2D eigenvalue weighted by molar-refractivity contribution is 6.07. The molecule has 0 fully saturated rings. The average Bonchev–Trinajstić information content (AvgIpc) is 3.25. The Bertz CT molecular complexity index is 1400. The molecule has 0 atom stereocenters. The largest absolute Gasteiger partial charge is 0.382 e. The number of aryl methyl sites for hydroxylation is 1. The molecule has 0 saturated carbocycles. The quantitative estimate of drug-likeness (QED) is 0.257. The maximum atomic E-state index is 13.1. The summed E-state index contributed by atoms with van der Waals surface area (Å²) < 4.78 is 1.56. The maximum absolute atomic E-state index is 13.1. The molecule has 1 aromatic carbocycles. The number of nitrogen functional groups attached to an aromatic ring is 1. The van der Waals surface area contributed by atoms with Gasteiger partial charge in [-0.15, -0.1) is 0 Å². The number of nitrogens with one attached hydrogen (secondary N) is 3. The van der Waals surface area contributed by atoms with Crippen LogP contribution < -0.4 is 21.7 Å². The number of unbranched alkanes of at least 4 members (excludes halogenated alkanes) is 1. The molecule has 4 rings (SSSR count). The van der Waals surface area contributed by atoms with Gasteiger partial charge in [-0.25, -0.2) is 19.3 Å². The minimum absolute atomic E-state index is 0.211. The van der Waals surface area contributed by atoms with E-state index in [9.17, 15) is 9.59 Å². The number of hydrogen-bond donors (Lipinski definition) is 4. The summed E-state index contributed by atoms with van der Waals surface area (Å²) >= 11 is 0. The van der Waals surface area contributed by atoms with Crippen molar-refractivity contribution in [1.29, 1.82) is 0 Å². The van der Waals surface area contributed by atoms with Crippen LogP contribution in [0.15, 0.2) is 55.0 Å². The van der Waals surface area contributed by atoms with Crippen LogP contribution in [0.1, 0.15) is 28.9 Å². The predicted octanol–water partition coefficient (Wildman–Crippen LogP) is 3.40. The van der Waals surface area contributed by atoms with Crippen LogP contribution in [-0.4, -0.2) is 63.6 Å². The Labute approximate surface area is 215 Å². The summed E-state index contributed by atoms with van der Waals surface area (Å²) in [6.07, 6.45) is 4.86. The molecule has 11 nitrogen and oxygen atoms in total. The normalized spacial score (nSPS) is 11.0. The lowest BCUT2D eigenvalue weighted by molar-refractivity contribution is 0.0953. The number of amides is 3. The highest BCUT2D eigenvalue weighted by Crippen LogP contribution is 2.33. The van der Waals surface area contributed by atoms with Gasteiger partial charge in [0, 0.05) is 29.7 Å². The molecule has 37 heavy (non-hydrogen) atoms. The summed E-state index contributed by atoms with van der Waals surface area (Å²) in [6.45, 7) is 3.38. The average molecular weight is 502 g/mol. The van der Waals surface area contributed by atoms with E-state index in [2.05, 4.69) is 35.9 Å². The molecule has 11 heteroatoms. The first-order valence-electron chi connectivity index (χ1n) is 12.0. The summed E-state index contributed by atoms with van der Waals surface area (Å²) in [5, 5.41) is 12.7. The number of hydrogen-bond acceptors (Lipinski definition) is 7. The zero-order valence-electron chi connectivity index (χ0n) is 21.2. The lowest BCUT2D eigenvalue weighted by Crippen LogP contribution is -2.25. The second-order valence-electron chi connectivity index (χ2n) is 8.94. The van der Waals surface area contributed by atoms with Gasteiger partial charge in [0.1, 0.15) is 17.7 Å². The number of carbonyl (C=O) groups is 2. The zero-order valence-corrected chi connectivity index (χ0v) is 21.2. The van der Waals surface area contributed by atoms with Crippen molar-refractivity contribution in [3.8, 4) is 11.1 Å². The van der Waals surface area contributed by atoms with Gasteiger partial charge in [-0.1, -0.05) is 18.2 Å². The van der Waals surface area contributed by atoms with Crippen LogP contribution >= 0.6 is 0 Å². The molecule has 3 heterocycles. The van der Waals surface area contributed by atoms with E-state index in [1.807, 2.05) is 45.3 Å². The summed E-state index contributed by atoms with van der Waals surface area (Å²) in [6, 6.07) is 12.1. The number of carbonyl (C=O) groups excluding carboxylic acids is 2. The Kier molecular flexibility index (Phi) is 7.94. The standard InChI is InChI=1S/C26H31N9O2/c1-17-7-6-8-21(31-17)33-26(37)32-19-11-9-18(10-12-19)22-20(15-35-23(22)24(27)29-16-30-35)25(36)28-13-4-5-14-34(2)3/h6-12,15-16H,4-5,13-14H2,1-3H3,(H,28,36)(H2,27,29,30)(H2,31,32,33,37). The van der Waals surface area contributed by atoms with Gasteiger partial charge in [0.15, 0.2) is 5.82 Å². The van der Waals surface area contributed by atoms with E-state index in [-0.39, 0.29) is 11.7 Å². The van der Waals surface area contributed by atoms with Crippen molar-refractivity contribution in [2.24, 2.45) is 0 Å². The summed E-state index contributed by atoms with van der Waals surface area (Å²) in [4.78, 5) is 36.0. The second-order valence-corrected chi connectivity index (χ2v) is 8.94. The summed E-state index contributed by atoms with van der Waals surface area (Å²) in [5.41, 5.74) is 9.92. The fourth-order valence-electron chi connectivity index (χ4n) is 3.96. The van der Waals surface area contributed by atoms with Gasteiger partial charge in [0.05, 0.1) is 5.56 Å². The van der Waals surface area contributed by atoms with Crippen LogP contribution in [0.3, 0.4) is 0 Å². The minimum Gasteiger partial charge on any atom is -0.382 e. The predicted molar refractivity (Wildman–Crippen MR) is 145 cm³/mol. The van der Waals surface area contributed by atoms with Gasteiger partial charge in [0.2, 0.25) is 0 Å². The molecule has 0 unspecified atom stereocenters. The van der Waals surface area contributed by atoms with Crippen molar-refractivity contribution in [3.63, 3.8) is 0 Å². The van der Waals surface area contributed by atoms with Crippen molar-refractivity contribution in [2.45, 2.75) is 19.8 Å². The Hall–Kier alpha value is -4.51. The molecule has 0 saturated heterocycles. The molecule has 0 aliphatic rings. The fourth-order valence-corrected chi connectivity index (χ4v) is 3.96. The molecular formula is C26H31N9O2. The first-order chi connectivity index (χ1) is 17.8. The first-order valence-corrected chi connectivity index (χ1v) is 12.0. The van der Waals surface area contributed by atoms with Crippen molar-refractivity contribution in [2.75, 3.05) is 43.6 Å². The van der Waals surface area contributed by atoms with Crippen LogP contribution in [0.4, 0.5) is 22.1 Å². The van der Waals surface area contributed by atoms with E-state index in [1.165, 1.54) is 6.33 Å². The summed E-state index contributed by atoms with van der Waals surface area (Å²) in [7, 11) is 4.05. The summed E-state index contributed by atoms with van der Waals surface area (Å²) in [5.74, 6) is 0.515. The molecule has 3 aromatic heterocycles. The number of aromatic nitrogens is 4. The third kappa shape index (κ3) is 6.39. The van der Waals surface area contributed by atoms with E-state index in [0.717, 1.165) is 30.6 Å². The zero-order chi connectivity index (χ0) is 26.4. The molecule has 0 bridgehead atoms. The lowest BCUT2D eigenvalue weighted by Gasteiger charge is -2.11. The number of fused-ring (bicyclic) bond motifs is 1. The Balaban J connectivity index is 1.53. The topological polar surface area (TPSA) is 143 Å². The molecule has 0 aliphatic heterocycles. The van der Waals surface area contributed by atoms with Crippen molar-refractivity contribution in [1.82, 2.24) is 29.8 Å². The highest BCUT2D eigenvalue weighted by Gasteiger charge is 2.21. The number of pyridine rings is 1. The molecule has 3 amide bonds. The van der Waals surface area contributed by atoms with Gasteiger partial charge < -0.3 is 21.3 Å². The lowest BCUT2D eigenvalue weighted by atomic mass is 10.0. The van der Waals surface area contributed by atoms with Gasteiger partial charge in [0.25, 0.3) is 5.91 Å². The number of rotatable bonds is 9. The molecular weight excluding hydrogens is 470 g/mol. The smallest absolute Gasteiger partial charge is 0.324 e. The van der Waals surface area contributed by atoms with Gasteiger partial charge in [-0.2, -0.15) is 5.10 Å². The van der Waals surface area contributed by atoms with E-state index >= 15 is 0 Å². The number of nitrogens with two attached hydrogens (primary N) is 1. The van der Waals surface area contributed by atoms with E-state index < -0.39 is 6.03 Å². The third-order valence-electron chi connectivity index (χ3n) is 5.73. The van der Waals surface area contributed by atoms with Crippen LogP contribution in [0.5, 0.6) is 0 Å². The van der Waals surface area contributed by atoms with Gasteiger partial charge >= 0.3 is 6.03 Å². The number of urea groups is 1.